The summed E-state index contributed by atoms with van der Waals surface area (Å²) in [6, 6.07) is 3.33. The first-order chi connectivity index (χ1) is 11.6. The van der Waals surface area contributed by atoms with E-state index in [2.05, 4.69) is 0 Å². The van der Waals surface area contributed by atoms with Crippen molar-refractivity contribution in [3.05, 3.63) is 51.3 Å². The number of benzene rings is 1. The number of nitrogens with one attached hydrogen (secondary N) is 1. The number of fused-ring (bicyclic) bond motifs is 1. The van der Waals surface area contributed by atoms with E-state index < -0.39 is 34.9 Å². The number of pyridine rings is 1. The first kappa shape index (κ1) is 16.6. The molecular formula is C15H10F3N3O4. The Bertz CT molecular complexity index is 979. The van der Waals surface area contributed by atoms with Crippen LogP contribution in [0.5, 0.6) is 5.75 Å². The quantitative estimate of drug-likeness (QED) is 0.793. The highest BCUT2D eigenvalue weighted by Gasteiger charge is 2.34. The summed E-state index contributed by atoms with van der Waals surface area (Å²) in [4.78, 5) is 35.8. The molecule has 0 saturated carbocycles. The molecule has 25 heavy (non-hydrogen) atoms. The number of ether oxygens (including phenoxy) is 1. The van der Waals surface area contributed by atoms with Crippen LogP contribution < -0.4 is 21.3 Å². The van der Waals surface area contributed by atoms with E-state index in [1.54, 1.807) is 0 Å². The molecule has 0 radical (unpaired) electrons. The summed E-state index contributed by atoms with van der Waals surface area (Å²) in [7, 11) is 1.21. The lowest BCUT2D eigenvalue weighted by atomic mass is 10.1. The van der Waals surface area contributed by atoms with Gasteiger partial charge in [-0.3, -0.25) is 24.3 Å². The highest BCUT2D eigenvalue weighted by Crippen LogP contribution is 2.35. The van der Waals surface area contributed by atoms with Gasteiger partial charge in [0.25, 0.3) is 17.4 Å². The normalized spacial score (nSPS) is 13.6. The summed E-state index contributed by atoms with van der Waals surface area (Å²) in [5.41, 5.74) is 3.11. The summed E-state index contributed by atoms with van der Waals surface area (Å²) in [5, 5.41) is 1.97. The maximum Gasteiger partial charge on any atom is 0.416 e. The van der Waals surface area contributed by atoms with Crippen LogP contribution in [0.4, 0.5) is 19.0 Å². The predicted molar refractivity (Wildman–Crippen MR) is 79.8 cm³/mol. The fraction of sp³-hybridized carbons (Fsp3) is 0.133. The highest BCUT2D eigenvalue weighted by molar-refractivity contribution is 6.23. The lowest BCUT2D eigenvalue weighted by molar-refractivity contribution is -0.137. The molecule has 10 heteroatoms. The number of alkyl halides is 3. The lowest BCUT2D eigenvalue weighted by Crippen LogP contribution is -2.25. The van der Waals surface area contributed by atoms with Crippen molar-refractivity contribution >= 4 is 17.6 Å². The number of amides is 2. The summed E-state index contributed by atoms with van der Waals surface area (Å²) in [6.45, 7) is 0. The fourth-order valence-corrected chi connectivity index (χ4v) is 2.57. The zero-order valence-corrected chi connectivity index (χ0v) is 12.6. The van der Waals surface area contributed by atoms with Crippen LogP contribution in [0.2, 0.25) is 0 Å². The maximum absolute atomic E-state index is 13.0. The summed E-state index contributed by atoms with van der Waals surface area (Å²) < 4.78 is 44.6. The molecule has 0 fully saturated rings. The minimum atomic E-state index is -4.66. The van der Waals surface area contributed by atoms with Gasteiger partial charge in [-0.15, -0.1) is 0 Å². The van der Waals surface area contributed by atoms with E-state index in [1.807, 2.05) is 5.32 Å². The summed E-state index contributed by atoms with van der Waals surface area (Å²) in [5.74, 6) is -2.15. The number of nitrogens with two attached hydrogens (primary N) is 1. The van der Waals surface area contributed by atoms with Gasteiger partial charge in [0.2, 0.25) is 0 Å². The van der Waals surface area contributed by atoms with Crippen molar-refractivity contribution in [3.63, 3.8) is 0 Å². The second kappa shape index (κ2) is 5.36. The van der Waals surface area contributed by atoms with Crippen molar-refractivity contribution in [2.45, 2.75) is 6.18 Å². The number of carbonyl (C=O) groups excluding carboxylic acids is 2. The average molecular weight is 353 g/mol. The van der Waals surface area contributed by atoms with E-state index >= 15 is 0 Å². The predicted octanol–water partition coefficient (Wildman–Crippen LogP) is 1.33. The number of imide groups is 1. The molecule has 0 spiro atoms. The smallest absolute Gasteiger partial charge is 0.416 e. The Balaban J connectivity index is 2.35. The van der Waals surface area contributed by atoms with Gasteiger partial charge < -0.3 is 10.5 Å². The number of carbonyl (C=O) groups is 2. The molecule has 2 heterocycles. The molecular weight excluding hydrogens is 343 g/mol. The molecule has 0 bridgehead atoms. The molecule has 130 valence electrons. The van der Waals surface area contributed by atoms with Gasteiger partial charge in [0.1, 0.15) is 11.6 Å². The average Bonchev–Trinajstić information content (AvgIpc) is 2.80. The van der Waals surface area contributed by atoms with Gasteiger partial charge >= 0.3 is 6.18 Å². The van der Waals surface area contributed by atoms with Crippen LogP contribution >= 0.6 is 0 Å². The number of hydrogen-bond donors (Lipinski definition) is 2. The third-order valence-corrected chi connectivity index (χ3v) is 3.70. The summed E-state index contributed by atoms with van der Waals surface area (Å²) >= 11 is 0. The third kappa shape index (κ3) is 2.51. The van der Waals surface area contributed by atoms with Crippen molar-refractivity contribution in [1.29, 1.82) is 0 Å². The van der Waals surface area contributed by atoms with Gasteiger partial charge in [-0.2, -0.15) is 13.2 Å². The maximum atomic E-state index is 13.0. The lowest BCUT2D eigenvalue weighted by Gasteiger charge is -2.17. The summed E-state index contributed by atoms with van der Waals surface area (Å²) in [6.07, 6.45) is -4.66. The first-order valence-corrected chi connectivity index (χ1v) is 6.82. The minimum absolute atomic E-state index is 0.0634. The Labute approximate surface area is 137 Å². The monoisotopic (exact) mass is 353 g/mol. The molecule has 0 saturated heterocycles. The number of nitrogens with zero attached hydrogens (tertiary/aromatic N) is 1. The number of anilines is 1. The van der Waals surface area contributed by atoms with Gasteiger partial charge in [-0.05, 0) is 18.2 Å². The van der Waals surface area contributed by atoms with Crippen LogP contribution in [0.3, 0.4) is 0 Å². The Hall–Kier alpha value is -3.30. The van der Waals surface area contributed by atoms with Crippen molar-refractivity contribution < 1.29 is 27.5 Å². The van der Waals surface area contributed by atoms with Gasteiger partial charge in [0.15, 0.2) is 0 Å². The van der Waals surface area contributed by atoms with Crippen LogP contribution in [0.1, 0.15) is 26.3 Å². The fourth-order valence-electron chi connectivity index (χ4n) is 2.57. The van der Waals surface area contributed by atoms with Crippen molar-refractivity contribution in [2.24, 2.45) is 0 Å². The molecule has 7 nitrogen and oxygen atoms in total. The molecule has 0 unspecified atom stereocenters. The molecule has 1 aliphatic rings. The largest absolute Gasteiger partial charge is 0.495 e. The van der Waals surface area contributed by atoms with E-state index in [-0.39, 0.29) is 22.6 Å². The van der Waals surface area contributed by atoms with E-state index in [4.69, 9.17) is 10.5 Å². The molecule has 0 atom stereocenters. The van der Waals surface area contributed by atoms with Crippen LogP contribution in [-0.4, -0.2) is 23.5 Å². The van der Waals surface area contributed by atoms with Crippen LogP contribution in [-0.2, 0) is 6.18 Å². The molecule has 2 amide bonds. The molecule has 2 aromatic rings. The number of aromatic nitrogens is 1. The van der Waals surface area contributed by atoms with Crippen LogP contribution in [0.25, 0.3) is 5.69 Å². The molecule has 1 aliphatic heterocycles. The molecule has 1 aromatic carbocycles. The van der Waals surface area contributed by atoms with E-state index in [0.717, 1.165) is 18.2 Å². The number of halogens is 3. The van der Waals surface area contributed by atoms with Gasteiger partial charge in [-0.25, -0.2) is 0 Å². The SMILES string of the molecule is COc1ccc(C(F)(F)F)cc1-n1c(N)c2c(cc1=O)C(=O)NC2=O. The second-order valence-electron chi connectivity index (χ2n) is 5.16. The number of methoxy groups -OCH3 is 1. The van der Waals surface area contributed by atoms with Crippen molar-refractivity contribution in [1.82, 2.24) is 9.88 Å². The molecule has 0 aliphatic carbocycles. The molecule has 1 aromatic heterocycles. The Kier molecular flexibility index (Phi) is 3.55. The highest BCUT2D eigenvalue weighted by atomic mass is 19.4. The standard InChI is InChI=1S/C15H10F3N3O4/c1-25-9-3-2-6(15(16,17)18)4-8(9)21-10(22)5-7-11(12(21)19)14(24)20-13(7)23/h2-5H,19H2,1H3,(H,20,23,24). The second-order valence-corrected chi connectivity index (χ2v) is 5.16. The van der Waals surface area contributed by atoms with Crippen LogP contribution in [0.15, 0.2) is 29.1 Å². The van der Waals surface area contributed by atoms with Gasteiger partial charge in [0.05, 0.1) is 29.5 Å². The molecule has 3 rings (SSSR count). The minimum Gasteiger partial charge on any atom is -0.495 e. The third-order valence-electron chi connectivity index (χ3n) is 3.70. The zero-order chi connectivity index (χ0) is 18.5. The van der Waals surface area contributed by atoms with E-state index in [0.29, 0.717) is 10.6 Å². The number of rotatable bonds is 2. The van der Waals surface area contributed by atoms with Crippen molar-refractivity contribution in [2.75, 3.05) is 12.8 Å². The van der Waals surface area contributed by atoms with Crippen molar-refractivity contribution in [3.8, 4) is 11.4 Å². The number of nitrogen functional groups attached to an aromatic ring is 1. The molecule has 3 N–H and O–H groups in total. The number of hydrogen-bond acceptors (Lipinski definition) is 5. The Morgan fingerprint density at radius 3 is 2.40 bits per heavy atom. The zero-order valence-electron chi connectivity index (χ0n) is 12.6. The first-order valence-electron chi connectivity index (χ1n) is 6.82. The van der Waals surface area contributed by atoms with Crippen LogP contribution in [0, 0.1) is 0 Å². The van der Waals surface area contributed by atoms with E-state index in [1.165, 1.54) is 7.11 Å². The van der Waals surface area contributed by atoms with E-state index in [9.17, 15) is 27.6 Å². The van der Waals surface area contributed by atoms with Gasteiger partial charge in [-0.1, -0.05) is 0 Å². The topological polar surface area (TPSA) is 103 Å². The Morgan fingerprint density at radius 1 is 1.12 bits per heavy atom. The van der Waals surface area contributed by atoms with Gasteiger partial charge in [0, 0.05) is 6.07 Å². The Morgan fingerprint density at radius 2 is 1.80 bits per heavy atom.